The molecule has 1 fully saturated rings. The van der Waals surface area contributed by atoms with E-state index in [1.807, 2.05) is 0 Å². The summed E-state index contributed by atoms with van der Waals surface area (Å²) < 4.78 is 2.73. The van der Waals surface area contributed by atoms with Crippen LogP contribution in [0.15, 0.2) is 0 Å². The summed E-state index contributed by atoms with van der Waals surface area (Å²) in [6.07, 6.45) is 0. The topological polar surface area (TPSA) is 9.72 Å². The van der Waals surface area contributed by atoms with Gasteiger partial charge in [0.05, 0.1) is 0 Å². The van der Waals surface area contributed by atoms with Crippen molar-refractivity contribution in [3.05, 3.63) is 0 Å². The minimum absolute atomic E-state index is 0.579. The van der Waals surface area contributed by atoms with Crippen LogP contribution >= 0.6 is 0 Å². The van der Waals surface area contributed by atoms with Crippen LogP contribution in [-0.4, -0.2) is 59.5 Å². The molecule has 1 rings (SSSR count). The number of nitrogens with zero attached hydrogens (tertiary/aromatic N) is 3. The summed E-state index contributed by atoms with van der Waals surface area (Å²) in [6.45, 7) is 5.77. The second kappa shape index (κ2) is 3.76. The molecule has 0 N–H and O–H groups in total. The van der Waals surface area contributed by atoms with Crippen LogP contribution in [0, 0.1) is 0 Å². The van der Waals surface area contributed by atoms with Gasteiger partial charge in [0.15, 0.2) is 0 Å². The van der Waals surface area contributed by atoms with E-state index < -0.39 is 18.7 Å². The average Bonchev–Trinajstić information content (AvgIpc) is 2.14. The molecule has 13 heavy (non-hydrogen) atoms. The van der Waals surface area contributed by atoms with Crippen LogP contribution in [0.3, 0.4) is 0 Å². The van der Waals surface area contributed by atoms with E-state index in [4.69, 9.17) is 0 Å². The van der Waals surface area contributed by atoms with Crippen LogP contribution in [0.2, 0.25) is 28.5 Å². The molecule has 1 heterocycles. The molecule has 0 radical (unpaired) electrons. The molecular formula is C7H21B2N3Sn. The molecule has 0 spiro atoms. The van der Waals surface area contributed by atoms with Gasteiger partial charge in [0.1, 0.15) is 0 Å². The van der Waals surface area contributed by atoms with Gasteiger partial charge in [-0.1, -0.05) is 0 Å². The summed E-state index contributed by atoms with van der Waals surface area (Å²) in [4.78, 5) is 12.1. The van der Waals surface area contributed by atoms with Crippen LogP contribution in [-0.2, 0) is 0 Å². The fourth-order valence-electron chi connectivity index (χ4n) is 2.32. The van der Waals surface area contributed by atoms with E-state index in [2.05, 4.69) is 55.3 Å². The van der Waals surface area contributed by atoms with E-state index in [0.29, 0.717) is 14.0 Å². The Labute approximate surface area is 87.9 Å². The average molecular weight is 288 g/mol. The third-order valence-electron chi connectivity index (χ3n) is 3.16. The maximum atomic E-state index is 2.73. The first-order valence-electron chi connectivity index (χ1n) is 5.01. The van der Waals surface area contributed by atoms with Gasteiger partial charge in [-0.25, -0.2) is 0 Å². The van der Waals surface area contributed by atoms with Gasteiger partial charge in [0.2, 0.25) is 0 Å². The van der Waals surface area contributed by atoms with Gasteiger partial charge >= 0.3 is 88.0 Å². The summed E-state index contributed by atoms with van der Waals surface area (Å²) in [5, 5.41) is 0. The van der Waals surface area contributed by atoms with Crippen molar-refractivity contribution < 1.29 is 0 Å². The first kappa shape index (κ1) is 11.9. The second-order valence-corrected chi connectivity index (χ2v) is 18.9. The molecule has 0 unspecified atom stereocenters. The van der Waals surface area contributed by atoms with Crippen LogP contribution in [0.5, 0.6) is 0 Å². The van der Waals surface area contributed by atoms with Gasteiger partial charge in [0.25, 0.3) is 0 Å². The molecule has 1 aliphatic rings. The Morgan fingerprint density at radius 2 is 1.15 bits per heavy atom. The molecule has 74 valence electrons. The van der Waals surface area contributed by atoms with E-state index in [0.717, 1.165) is 0 Å². The molecule has 0 amide bonds. The van der Waals surface area contributed by atoms with Crippen molar-refractivity contribution in [2.75, 3.05) is 14.1 Å². The molecule has 0 aromatic heterocycles. The van der Waals surface area contributed by atoms with Crippen LogP contribution < -0.4 is 0 Å². The summed E-state index contributed by atoms with van der Waals surface area (Å²) in [7, 11) is 4.36. The molecule has 1 saturated heterocycles. The van der Waals surface area contributed by atoms with Crippen LogP contribution in [0.25, 0.3) is 0 Å². The maximum absolute atomic E-state index is 2.73. The Kier molecular flexibility index (Phi) is 3.43. The summed E-state index contributed by atoms with van der Waals surface area (Å²) in [5.41, 5.74) is 0. The molecule has 6 heteroatoms. The number of hydrogen-bond donors (Lipinski definition) is 0. The summed E-state index contributed by atoms with van der Waals surface area (Å²) in [6, 6.07) is 0. The SMILES string of the molecule is CB1N(C)N(C)B(C)[N]1[Sn]([CH3])([CH3])[CH3]. The zero-order valence-corrected chi connectivity index (χ0v) is 12.9. The molecule has 0 aliphatic carbocycles. The third kappa shape index (κ3) is 2.08. The molecule has 0 aromatic rings. The second-order valence-electron chi connectivity index (χ2n) is 4.99. The molecule has 0 atom stereocenters. The first-order valence-corrected chi connectivity index (χ1v) is 14.8. The summed E-state index contributed by atoms with van der Waals surface area (Å²) >= 11 is -1.91. The van der Waals surface area contributed by atoms with Gasteiger partial charge in [-0.2, -0.15) is 0 Å². The van der Waals surface area contributed by atoms with Crippen LogP contribution in [0.4, 0.5) is 0 Å². The Morgan fingerprint density at radius 1 is 0.846 bits per heavy atom. The third-order valence-corrected chi connectivity index (χ3v) is 9.71. The van der Waals surface area contributed by atoms with Gasteiger partial charge in [-0.15, -0.1) is 0 Å². The molecule has 3 nitrogen and oxygen atoms in total. The van der Waals surface area contributed by atoms with Crippen molar-refractivity contribution in [3.63, 3.8) is 0 Å². The monoisotopic (exact) mass is 289 g/mol. The van der Waals surface area contributed by atoms with Crippen molar-refractivity contribution in [1.82, 2.24) is 12.8 Å². The fraction of sp³-hybridized carbons (Fsp3) is 1.00. The Bertz CT molecular complexity index is 183. The van der Waals surface area contributed by atoms with E-state index >= 15 is 0 Å². The van der Waals surface area contributed by atoms with Crippen LogP contribution in [0.1, 0.15) is 0 Å². The fourth-order valence-corrected chi connectivity index (χ4v) is 9.67. The Morgan fingerprint density at radius 3 is 1.31 bits per heavy atom. The number of rotatable bonds is 1. The van der Waals surface area contributed by atoms with Crippen molar-refractivity contribution in [3.8, 4) is 0 Å². The first-order chi connectivity index (χ1) is 5.76. The standard InChI is InChI=1S/C4H12B2N3.3CH3.Sn/c1-5-7-6(2)9(4)8(5)3;;;;/h1-4H3;3*1H3;/q-1;;;;+1. The zero-order valence-electron chi connectivity index (χ0n) is 10.00. The molecule has 0 aromatic carbocycles. The van der Waals surface area contributed by atoms with Crippen molar-refractivity contribution in [2.24, 2.45) is 0 Å². The summed E-state index contributed by atoms with van der Waals surface area (Å²) in [5.74, 6) is 0. The Balaban J connectivity index is 2.88. The van der Waals surface area contributed by atoms with Crippen molar-refractivity contribution in [2.45, 2.75) is 28.5 Å². The predicted molar refractivity (Wildman–Crippen MR) is 63.9 cm³/mol. The van der Waals surface area contributed by atoms with Gasteiger partial charge in [0, 0.05) is 0 Å². The van der Waals surface area contributed by atoms with Crippen molar-refractivity contribution >= 4 is 32.6 Å². The molecular weight excluding hydrogens is 266 g/mol. The predicted octanol–water partition coefficient (Wildman–Crippen LogP) is 1.15. The molecule has 0 saturated carbocycles. The minimum atomic E-state index is -1.91. The normalized spacial score (nSPS) is 23.3. The molecule has 1 aliphatic heterocycles. The zero-order chi connectivity index (χ0) is 10.4. The van der Waals surface area contributed by atoms with Gasteiger partial charge in [-0.3, -0.25) is 0 Å². The Hall–Kier alpha value is 0.809. The number of hydrazine groups is 1. The van der Waals surface area contributed by atoms with E-state index in [1.54, 1.807) is 0 Å². The quantitative estimate of drug-likeness (QED) is 0.670. The van der Waals surface area contributed by atoms with Gasteiger partial charge < -0.3 is 0 Å². The molecule has 0 bridgehead atoms. The van der Waals surface area contributed by atoms with Gasteiger partial charge in [-0.05, 0) is 0 Å². The van der Waals surface area contributed by atoms with Crippen molar-refractivity contribution in [1.29, 1.82) is 0 Å². The number of hydrogen-bond acceptors (Lipinski definition) is 3. The van der Waals surface area contributed by atoms with E-state index in [1.165, 1.54) is 0 Å². The van der Waals surface area contributed by atoms with E-state index in [-0.39, 0.29) is 0 Å². The van der Waals surface area contributed by atoms with E-state index in [9.17, 15) is 0 Å².